The number of hydrogen-bond acceptors (Lipinski definition) is 3. The quantitative estimate of drug-likeness (QED) is 0.638. The zero-order chi connectivity index (χ0) is 17.5. The molecular weight excluding hydrogens is 324 g/mol. The predicted molar refractivity (Wildman–Crippen MR) is 102 cm³/mol. The van der Waals surface area contributed by atoms with Gasteiger partial charge in [-0.05, 0) is 67.6 Å². The number of carbonyl (C=O) groups is 1. The highest BCUT2D eigenvalue weighted by molar-refractivity contribution is 6.06. The Morgan fingerprint density at radius 2 is 2.00 bits per heavy atom. The molecule has 2 aliphatic rings. The molecular formula is C21H22N4O. The van der Waals surface area contributed by atoms with Crippen LogP contribution in [0.2, 0.25) is 0 Å². The molecule has 132 valence electrons. The summed E-state index contributed by atoms with van der Waals surface area (Å²) in [6, 6.07) is 14.4. The molecule has 0 bridgehead atoms. The molecule has 1 aromatic heterocycles. The summed E-state index contributed by atoms with van der Waals surface area (Å²) in [4.78, 5) is 12.5. The zero-order valence-corrected chi connectivity index (χ0v) is 14.5. The fourth-order valence-electron chi connectivity index (χ4n) is 3.53. The number of nitrogens with zero attached hydrogens (tertiary/aromatic N) is 1. The number of hydrogen-bond donors (Lipinski definition) is 3. The first-order valence-corrected chi connectivity index (χ1v) is 9.34. The molecule has 1 amide bonds. The van der Waals surface area contributed by atoms with E-state index in [9.17, 15) is 4.79 Å². The van der Waals surface area contributed by atoms with Crippen molar-refractivity contribution in [1.29, 1.82) is 0 Å². The summed E-state index contributed by atoms with van der Waals surface area (Å²) in [5.41, 5.74) is 3.75. The predicted octanol–water partition coefficient (Wildman–Crippen LogP) is 3.67. The van der Waals surface area contributed by atoms with Gasteiger partial charge in [0.2, 0.25) is 0 Å². The topological polar surface area (TPSA) is 69.8 Å². The lowest BCUT2D eigenvalue weighted by molar-refractivity contribution is 0.102. The van der Waals surface area contributed by atoms with Crippen LogP contribution in [-0.2, 0) is 0 Å². The number of anilines is 1. The fourth-order valence-corrected chi connectivity index (χ4v) is 3.53. The van der Waals surface area contributed by atoms with E-state index in [2.05, 4.69) is 33.0 Å². The molecule has 3 aromatic rings. The average molecular weight is 346 g/mol. The van der Waals surface area contributed by atoms with Crippen molar-refractivity contribution < 1.29 is 4.79 Å². The number of H-pyrrole nitrogens is 1. The van der Waals surface area contributed by atoms with Crippen molar-refractivity contribution in [3.05, 3.63) is 59.8 Å². The van der Waals surface area contributed by atoms with Gasteiger partial charge in [-0.25, -0.2) is 0 Å². The number of amides is 1. The van der Waals surface area contributed by atoms with Crippen molar-refractivity contribution in [3.63, 3.8) is 0 Å². The maximum Gasteiger partial charge on any atom is 0.255 e. The summed E-state index contributed by atoms with van der Waals surface area (Å²) < 4.78 is 0. The third-order valence-electron chi connectivity index (χ3n) is 5.46. The van der Waals surface area contributed by atoms with Crippen LogP contribution in [0.5, 0.6) is 0 Å². The smallest absolute Gasteiger partial charge is 0.255 e. The molecule has 0 aliphatic heterocycles. The van der Waals surface area contributed by atoms with Gasteiger partial charge in [-0.1, -0.05) is 12.1 Å². The summed E-state index contributed by atoms with van der Waals surface area (Å²) in [6.07, 6.45) is 5.74. The summed E-state index contributed by atoms with van der Waals surface area (Å²) in [6.45, 7) is 1.18. The molecule has 0 saturated heterocycles. The highest BCUT2D eigenvalue weighted by Gasteiger charge is 2.38. The van der Waals surface area contributed by atoms with E-state index < -0.39 is 0 Å². The van der Waals surface area contributed by atoms with Gasteiger partial charge in [-0.2, -0.15) is 5.10 Å². The van der Waals surface area contributed by atoms with Gasteiger partial charge in [0, 0.05) is 28.6 Å². The molecule has 2 saturated carbocycles. The number of benzene rings is 2. The Morgan fingerprint density at radius 1 is 1.15 bits per heavy atom. The third kappa shape index (κ3) is 3.22. The Kier molecular flexibility index (Phi) is 3.75. The van der Waals surface area contributed by atoms with E-state index in [-0.39, 0.29) is 5.91 Å². The Morgan fingerprint density at radius 3 is 2.81 bits per heavy atom. The van der Waals surface area contributed by atoms with Gasteiger partial charge in [0.1, 0.15) is 0 Å². The first kappa shape index (κ1) is 15.6. The molecule has 0 unspecified atom stereocenters. The lowest BCUT2D eigenvalue weighted by Gasteiger charge is -2.07. The van der Waals surface area contributed by atoms with Gasteiger partial charge in [0.05, 0.1) is 11.7 Å². The molecule has 2 atom stereocenters. The van der Waals surface area contributed by atoms with E-state index in [4.69, 9.17) is 0 Å². The number of carbonyl (C=O) groups excluding carboxylic acids is 1. The Balaban J connectivity index is 1.21. The number of rotatable bonds is 6. The van der Waals surface area contributed by atoms with Crippen molar-refractivity contribution in [1.82, 2.24) is 15.5 Å². The van der Waals surface area contributed by atoms with Crippen molar-refractivity contribution in [2.45, 2.75) is 31.2 Å². The summed E-state index contributed by atoms with van der Waals surface area (Å²) in [5, 5.41) is 14.5. The van der Waals surface area contributed by atoms with Gasteiger partial charge < -0.3 is 10.6 Å². The number of nitrogens with one attached hydrogen (secondary N) is 3. The number of fused-ring (bicyclic) bond motifs is 1. The Hall–Kier alpha value is -2.66. The van der Waals surface area contributed by atoms with E-state index in [1.165, 1.54) is 31.4 Å². The molecule has 2 aromatic carbocycles. The number of aromatic amines is 1. The van der Waals surface area contributed by atoms with Crippen molar-refractivity contribution in [2.24, 2.45) is 5.92 Å². The molecule has 3 N–H and O–H groups in total. The monoisotopic (exact) mass is 346 g/mol. The van der Waals surface area contributed by atoms with Crippen LogP contribution >= 0.6 is 0 Å². The van der Waals surface area contributed by atoms with E-state index in [0.717, 1.165) is 22.5 Å². The lowest BCUT2D eigenvalue weighted by atomic mass is 10.1. The molecule has 1 heterocycles. The normalized spacial score (nSPS) is 21.7. The maximum absolute atomic E-state index is 12.5. The third-order valence-corrected chi connectivity index (χ3v) is 5.46. The van der Waals surface area contributed by atoms with Crippen LogP contribution < -0.4 is 10.6 Å². The van der Waals surface area contributed by atoms with Crippen LogP contribution in [0.3, 0.4) is 0 Å². The van der Waals surface area contributed by atoms with Gasteiger partial charge in [-0.15, -0.1) is 0 Å². The van der Waals surface area contributed by atoms with E-state index in [1.807, 2.05) is 30.3 Å². The molecule has 5 nitrogen and oxygen atoms in total. The number of aromatic nitrogens is 2. The lowest BCUT2D eigenvalue weighted by Crippen LogP contribution is -2.20. The standard InChI is InChI=1S/C21H22N4O/c26-21(15-5-8-19-16(9-15)12-23-25-19)24-17-6-3-14(4-7-17)18-10-20(18)22-11-13-1-2-13/h3-9,12-13,18,20,22H,1-2,10-11H2,(H,23,25)(H,24,26)/t18-,20+/m0/s1. The van der Waals surface area contributed by atoms with E-state index >= 15 is 0 Å². The Labute approximate surface area is 152 Å². The van der Waals surface area contributed by atoms with Crippen LogP contribution in [0.1, 0.15) is 41.1 Å². The van der Waals surface area contributed by atoms with Gasteiger partial charge >= 0.3 is 0 Å². The molecule has 26 heavy (non-hydrogen) atoms. The molecule has 2 aliphatic carbocycles. The van der Waals surface area contributed by atoms with E-state index in [0.29, 0.717) is 17.5 Å². The summed E-state index contributed by atoms with van der Waals surface area (Å²) in [7, 11) is 0. The Bertz CT molecular complexity index is 942. The SMILES string of the molecule is O=C(Nc1ccc([C@@H]2C[C@H]2NCC2CC2)cc1)c1ccc2[nH]ncc2c1. The maximum atomic E-state index is 12.5. The molecule has 0 radical (unpaired) electrons. The minimum atomic E-state index is -0.101. The van der Waals surface area contributed by atoms with Crippen molar-refractivity contribution in [3.8, 4) is 0 Å². The molecule has 2 fully saturated rings. The van der Waals surface area contributed by atoms with Crippen LogP contribution in [-0.4, -0.2) is 28.7 Å². The van der Waals surface area contributed by atoms with Gasteiger partial charge in [0.25, 0.3) is 5.91 Å². The van der Waals surface area contributed by atoms with Gasteiger partial charge in [-0.3, -0.25) is 9.89 Å². The van der Waals surface area contributed by atoms with Crippen LogP contribution in [0.4, 0.5) is 5.69 Å². The largest absolute Gasteiger partial charge is 0.322 e. The van der Waals surface area contributed by atoms with Crippen LogP contribution in [0.15, 0.2) is 48.7 Å². The van der Waals surface area contributed by atoms with Crippen molar-refractivity contribution in [2.75, 3.05) is 11.9 Å². The van der Waals surface area contributed by atoms with Crippen molar-refractivity contribution >= 4 is 22.5 Å². The second kappa shape index (κ2) is 6.25. The zero-order valence-electron chi connectivity index (χ0n) is 14.5. The van der Waals surface area contributed by atoms with Gasteiger partial charge in [0.15, 0.2) is 0 Å². The minimum Gasteiger partial charge on any atom is -0.322 e. The first-order chi connectivity index (χ1) is 12.8. The average Bonchev–Trinajstić information content (AvgIpc) is 3.57. The van der Waals surface area contributed by atoms with Crippen LogP contribution in [0.25, 0.3) is 10.9 Å². The highest BCUT2D eigenvalue weighted by atomic mass is 16.1. The second-order valence-electron chi connectivity index (χ2n) is 7.55. The second-order valence-corrected chi connectivity index (χ2v) is 7.55. The molecule has 0 spiro atoms. The molecule has 5 heteroatoms. The van der Waals surface area contributed by atoms with Crippen LogP contribution in [0, 0.1) is 5.92 Å². The molecule has 5 rings (SSSR count). The van der Waals surface area contributed by atoms with E-state index in [1.54, 1.807) is 6.20 Å². The first-order valence-electron chi connectivity index (χ1n) is 9.34. The summed E-state index contributed by atoms with van der Waals surface area (Å²) in [5.74, 6) is 1.45. The highest BCUT2D eigenvalue weighted by Crippen LogP contribution is 2.41. The fraction of sp³-hybridized carbons (Fsp3) is 0.333. The minimum absolute atomic E-state index is 0.101. The summed E-state index contributed by atoms with van der Waals surface area (Å²) >= 11 is 0.